The van der Waals surface area contributed by atoms with Gasteiger partial charge in [0, 0.05) is 33.0 Å². The van der Waals surface area contributed by atoms with Gasteiger partial charge in [0.05, 0.1) is 6.20 Å². The molecule has 0 atom stereocenters. The summed E-state index contributed by atoms with van der Waals surface area (Å²) in [7, 11) is 0. The fraction of sp³-hybridized carbons (Fsp3) is 0. The van der Waals surface area contributed by atoms with Crippen LogP contribution in [-0.2, 0) is 0 Å². The molecule has 1 heterocycles. The van der Waals surface area contributed by atoms with Gasteiger partial charge in [0.2, 0.25) is 0 Å². The minimum Gasteiger partial charge on any atom is -0.456 e. The fourth-order valence-corrected chi connectivity index (χ4v) is 2.73. The van der Waals surface area contributed by atoms with Crippen LogP contribution in [-0.4, -0.2) is 10.9 Å². The summed E-state index contributed by atoms with van der Waals surface area (Å²) >= 11 is 9.34. The Morgan fingerprint density at radius 2 is 1.96 bits per heavy atom. The molecule has 3 aromatic rings. The third-order valence-electron chi connectivity index (χ3n) is 3.09. The lowest BCUT2D eigenvalue weighted by molar-refractivity contribution is 0.102. The van der Waals surface area contributed by atoms with E-state index in [0.29, 0.717) is 27.8 Å². The molecule has 0 aliphatic heterocycles. The third kappa shape index (κ3) is 4.34. The van der Waals surface area contributed by atoms with Crippen LogP contribution in [0.1, 0.15) is 10.4 Å². The molecule has 0 saturated carbocycles. The minimum atomic E-state index is -0.247. The van der Waals surface area contributed by atoms with E-state index < -0.39 is 0 Å². The predicted octanol–water partition coefficient (Wildman–Crippen LogP) is 5.54. The second kappa shape index (κ2) is 7.47. The van der Waals surface area contributed by atoms with Gasteiger partial charge in [-0.25, -0.2) is 0 Å². The summed E-state index contributed by atoms with van der Waals surface area (Å²) in [6.07, 6.45) is 3.29. The quantitative estimate of drug-likeness (QED) is 0.622. The van der Waals surface area contributed by atoms with E-state index >= 15 is 0 Å². The zero-order chi connectivity index (χ0) is 16.9. The number of nitrogens with one attached hydrogen (secondary N) is 1. The Balaban J connectivity index is 1.80. The average Bonchev–Trinajstić information content (AvgIpc) is 2.55. The summed E-state index contributed by atoms with van der Waals surface area (Å²) in [4.78, 5) is 16.3. The van der Waals surface area contributed by atoms with Crippen molar-refractivity contribution in [3.05, 3.63) is 82.0 Å². The molecule has 0 spiro atoms. The summed E-state index contributed by atoms with van der Waals surface area (Å²) < 4.78 is 6.52. The Labute approximate surface area is 152 Å². The lowest BCUT2D eigenvalue weighted by Gasteiger charge is -2.10. The average molecular weight is 404 g/mol. The van der Waals surface area contributed by atoms with Crippen molar-refractivity contribution < 1.29 is 9.53 Å². The van der Waals surface area contributed by atoms with Crippen molar-refractivity contribution in [2.24, 2.45) is 0 Å². The zero-order valence-corrected chi connectivity index (χ0v) is 14.7. The monoisotopic (exact) mass is 402 g/mol. The Morgan fingerprint density at radius 1 is 1.08 bits per heavy atom. The first kappa shape index (κ1) is 16.5. The normalized spacial score (nSPS) is 10.2. The molecular formula is C18H12BrClN2O2. The number of aromatic nitrogens is 1. The first-order valence-electron chi connectivity index (χ1n) is 7.05. The van der Waals surface area contributed by atoms with Crippen molar-refractivity contribution in [1.82, 2.24) is 4.98 Å². The Morgan fingerprint density at radius 3 is 2.71 bits per heavy atom. The van der Waals surface area contributed by atoms with Crippen LogP contribution in [0.5, 0.6) is 11.5 Å². The van der Waals surface area contributed by atoms with Crippen LogP contribution < -0.4 is 10.1 Å². The number of pyridine rings is 1. The largest absolute Gasteiger partial charge is 0.456 e. The molecule has 6 heteroatoms. The van der Waals surface area contributed by atoms with E-state index in [9.17, 15) is 4.79 Å². The number of carbonyl (C=O) groups is 1. The molecule has 1 aromatic heterocycles. The van der Waals surface area contributed by atoms with Crippen LogP contribution in [0.3, 0.4) is 0 Å². The van der Waals surface area contributed by atoms with Crippen molar-refractivity contribution in [1.29, 1.82) is 0 Å². The van der Waals surface area contributed by atoms with Crippen LogP contribution in [0, 0.1) is 0 Å². The van der Waals surface area contributed by atoms with E-state index in [-0.39, 0.29) is 5.91 Å². The van der Waals surface area contributed by atoms with Gasteiger partial charge in [-0.15, -0.1) is 0 Å². The number of hydrogen-bond acceptors (Lipinski definition) is 3. The molecule has 1 amide bonds. The Bertz CT molecular complexity index is 872. The van der Waals surface area contributed by atoms with Gasteiger partial charge < -0.3 is 10.1 Å². The number of rotatable bonds is 4. The molecule has 0 aliphatic carbocycles. The molecule has 0 unspecified atom stereocenters. The molecule has 0 saturated heterocycles. The van der Waals surface area contributed by atoms with Crippen LogP contribution in [0.15, 0.2) is 71.5 Å². The van der Waals surface area contributed by atoms with Crippen LogP contribution in [0.2, 0.25) is 5.02 Å². The van der Waals surface area contributed by atoms with Crippen molar-refractivity contribution in [3.8, 4) is 11.5 Å². The number of halogens is 2. The van der Waals surface area contributed by atoms with Crippen molar-refractivity contribution >= 4 is 39.1 Å². The Hall–Kier alpha value is -2.37. The molecule has 0 aliphatic rings. The Kier molecular flexibility index (Phi) is 5.13. The van der Waals surface area contributed by atoms with Gasteiger partial charge in [-0.3, -0.25) is 9.78 Å². The molecule has 3 rings (SSSR count). The van der Waals surface area contributed by atoms with E-state index in [4.69, 9.17) is 16.3 Å². The molecule has 1 N–H and O–H groups in total. The summed E-state index contributed by atoms with van der Waals surface area (Å²) in [5.74, 6) is 0.949. The van der Waals surface area contributed by atoms with E-state index in [1.807, 2.05) is 6.07 Å². The third-order valence-corrected chi connectivity index (χ3v) is 3.78. The minimum absolute atomic E-state index is 0.247. The number of benzene rings is 2. The number of nitrogens with zero attached hydrogens (tertiary/aromatic N) is 1. The van der Waals surface area contributed by atoms with E-state index in [1.165, 1.54) is 0 Å². The highest BCUT2D eigenvalue weighted by molar-refractivity contribution is 9.10. The molecular weight excluding hydrogens is 392 g/mol. The second-order valence-electron chi connectivity index (χ2n) is 4.93. The molecule has 120 valence electrons. The van der Waals surface area contributed by atoms with Gasteiger partial charge in [-0.1, -0.05) is 33.6 Å². The van der Waals surface area contributed by atoms with Gasteiger partial charge in [0.1, 0.15) is 11.5 Å². The number of ether oxygens (including phenoxy) is 1. The molecule has 0 bridgehead atoms. The van der Waals surface area contributed by atoms with Gasteiger partial charge in [-0.05, 0) is 42.5 Å². The zero-order valence-electron chi connectivity index (χ0n) is 12.4. The smallest absolute Gasteiger partial charge is 0.255 e. The highest BCUT2D eigenvalue weighted by Crippen LogP contribution is 2.28. The molecule has 2 aromatic carbocycles. The summed E-state index contributed by atoms with van der Waals surface area (Å²) in [6, 6.07) is 15.7. The highest BCUT2D eigenvalue weighted by atomic mass is 79.9. The maximum absolute atomic E-state index is 12.3. The summed E-state index contributed by atoms with van der Waals surface area (Å²) in [6.45, 7) is 0. The van der Waals surface area contributed by atoms with Crippen molar-refractivity contribution in [3.63, 3.8) is 0 Å². The van der Waals surface area contributed by atoms with E-state index in [1.54, 1.807) is 60.9 Å². The summed E-state index contributed by atoms with van der Waals surface area (Å²) in [5, 5.41) is 3.34. The first-order valence-corrected chi connectivity index (χ1v) is 8.23. The number of amides is 1. The van der Waals surface area contributed by atoms with Crippen LogP contribution in [0.25, 0.3) is 0 Å². The van der Waals surface area contributed by atoms with E-state index in [0.717, 1.165) is 4.47 Å². The molecule has 4 nitrogen and oxygen atoms in total. The van der Waals surface area contributed by atoms with Crippen LogP contribution >= 0.6 is 27.5 Å². The van der Waals surface area contributed by atoms with Gasteiger partial charge in [0.25, 0.3) is 5.91 Å². The summed E-state index contributed by atoms with van der Waals surface area (Å²) in [5.41, 5.74) is 1.09. The number of carbonyl (C=O) groups excluding carboxylic acids is 1. The first-order chi connectivity index (χ1) is 11.6. The standard InChI is InChI=1S/C18H12BrClN2O2/c19-13-8-15(22-18(23)12-3-1-4-14(20)7-12)10-17(9-13)24-16-5-2-6-21-11-16/h1-11H,(H,22,23). The van der Waals surface area contributed by atoms with Crippen molar-refractivity contribution in [2.45, 2.75) is 0 Å². The number of anilines is 1. The maximum atomic E-state index is 12.3. The SMILES string of the molecule is O=C(Nc1cc(Br)cc(Oc2cccnc2)c1)c1cccc(Cl)c1. The maximum Gasteiger partial charge on any atom is 0.255 e. The van der Waals surface area contributed by atoms with Crippen LogP contribution in [0.4, 0.5) is 5.69 Å². The molecule has 24 heavy (non-hydrogen) atoms. The molecule has 0 fully saturated rings. The predicted molar refractivity (Wildman–Crippen MR) is 97.9 cm³/mol. The topological polar surface area (TPSA) is 51.2 Å². The van der Waals surface area contributed by atoms with Gasteiger partial charge >= 0.3 is 0 Å². The lowest BCUT2D eigenvalue weighted by Crippen LogP contribution is -2.11. The fourth-order valence-electron chi connectivity index (χ4n) is 2.07. The lowest BCUT2D eigenvalue weighted by atomic mass is 10.2. The highest BCUT2D eigenvalue weighted by Gasteiger charge is 2.09. The second-order valence-corrected chi connectivity index (χ2v) is 6.28. The van der Waals surface area contributed by atoms with Gasteiger partial charge in [-0.2, -0.15) is 0 Å². The van der Waals surface area contributed by atoms with Crippen molar-refractivity contribution in [2.75, 3.05) is 5.32 Å². The van der Waals surface area contributed by atoms with Gasteiger partial charge in [0.15, 0.2) is 0 Å². The molecule has 0 radical (unpaired) electrons. The van der Waals surface area contributed by atoms with E-state index in [2.05, 4.69) is 26.2 Å². The number of hydrogen-bond donors (Lipinski definition) is 1.